The molecule has 1 aromatic carbocycles. The van der Waals surface area contributed by atoms with Crippen LogP contribution in [0.3, 0.4) is 0 Å². The van der Waals surface area contributed by atoms with Gasteiger partial charge in [-0.1, -0.05) is 35.3 Å². The molecule has 104 valence electrons. The molecule has 0 amide bonds. The van der Waals surface area contributed by atoms with Gasteiger partial charge in [0.25, 0.3) is 5.56 Å². The zero-order chi connectivity index (χ0) is 14.9. The maximum atomic E-state index is 11.8. The number of aromatic nitrogens is 2. The quantitative estimate of drug-likeness (QED) is 0.899. The molecule has 0 saturated heterocycles. The van der Waals surface area contributed by atoms with Gasteiger partial charge in [-0.3, -0.25) is 9.36 Å². The second-order valence-electron chi connectivity index (χ2n) is 3.93. The highest BCUT2D eigenvalue weighted by Crippen LogP contribution is 2.25. The van der Waals surface area contributed by atoms with Gasteiger partial charge < -0.3 is 10.1 Å². The Balaban J connectivity index is 2.50. The van der Waals surface area contributed by atoms with Crippen LogP contribution in [-0.2, 0) is 6.54 Å². The minimum atomic E-state index is -1.38. The number of rotatable bonds is 3. The van der Waals surface area contributed by atoms with Crippen molar-refractivity contribution in [2.75, 3.05) is 0 Å². The van der Waals surface area contributed by atoms with E-state index >= 15 is 0 Å². The molecule has 6 nitrogen and oxygen atoms in total. The summed E-state index contributed by atoms with van der Waals surface area (Å²) in [7, 11) is 0. The van der Waals surface area contributed by atoms with E-state index in [9.17, 15) is 14.4 Å². The lowest BCUT2D eigenvalue weighted by molar-refractivity contribution is 0.0689. The molecule has 1 aromatic heterocycles. The Morgan fingerprint density at radius 1 is 1.30 bits per heavy atom. The van der Waals surface area contributed by atoms with Crippen molar-refractivity contribution in [2.24, 2.45) is 0 Å². The molecule has 8 heteroatoms. The van der Waals surface area contributed by atoms with Crippen molar-refractivity contribution in [1.29, 1.82) is 0 Å². The van der Waals surface area contributed by atoms with Crippen LogP contribution in [0.25, 0.3) is 0 Å². The van der Waals surface area contributed by atoms with Crippen molar-refractivity contribution < 1.29 is 9.90 Å². The molecule has 2 N–H and O–H groups in total. The summed E-state index contributed by atoms with van der Waals surface area (Å²) in [6.07, 6.45) is 0. The summed E-state index contributed by atoms with van der Waals surface area (Å²) in [5.41, 5.74) is -1.54. The van der Waals surface area contributed by atoms with Crippen molar-refractivity contribution in [2.45, 2.75) is 6.54 Å². The Labute approximate surface area is 122 Å². The fraction of sp³-hybridized carbons (Fsp3) is 0.0833. The van der Waals surface area contributed by atoms with Gasteiger partial charge in [-0.15, -0.1) is 0 Å². The predicted octanol–water partition coefficient (Wildman–Crippen LogP) is 1.59. The molecule has 2 aromatic rings. The van der Waals surface area contributed by atoms with Crippen LogP contribution in [0.15, 0.2) is 33.9 Å². The minimum absolute atomic E-state index is 0.104. The molecular weight excluding hydrogens is 307 g/mol. The minimum Gasteiger partial charge on any atom is -0.477 e. The molecule has 2 rings (SSSR count). The zero-order valence-electron chi connectivity index (χ0n) is 9.89. The van der Waals surface area contributed by atoms with E-state index in [1.54, 1.807) is 18.2 Å². The molecule has 0 unspecified atom stereocenters. The summed E-state index contributed by atoms with van der Waals surface area (Å²) >= 11 is 11.8. The van der Waals surface area contributed by atoms with Gasteiger partial charge in [0.1, 0.15) is 5.69 Å². The third-order valence-electron chi connectivity index (χ3n) is 2.61. The number of H-pyrrole nitrogens is 1. The molecule has 0 saturated carbocycles. The van der Waals surface area contributed by atoms with E-state index < -0.39 is 22.9 Å². The molecule has 0 aliphatic rings. The predicted molar refractivity (Wildman–Crippen MR) is 73.8 cm³/mol. The number of carboxylic acid groups (broad SMARTS) is 1. The topological polar surface area (TPSA) is 92.2 Å². The second-order valence-corrected chi connectivity index (χ2v) is 4.72. The summed E-state index contributed by atoms with van der Waals surface area (Å²) in [6.45, 7) is -0.104. The second kappa shape index (κ2) is 5.52. The fourth-order valence-electron chi connectivity index (χ4n) is 1.63. The first kappa shape index (κ1) is 14.4. The number of aromatic amines is 1. The van der Waals surface area contributed by atoms with E-state index in [0.717, 1.165) is 10.6 Å². The van der Waals surface area contributed by atoms with Crippen molar-refractivity contribution in [3.05, 3.63) is 66.4 Å². The number of hydrogen-bond donors (Lipinski definition) is 2. The molecule has 0 bridgehead atoms. The van der Waals surface area contributed by atoms with Crippen LogP contribution in [0.2, 0.25) is 10.0 Å². The summed E-state index contributed by atoms with van der Waals surface area (Å²) in [4.78, 5) is 36.3. The van der Waals surface area contributed by atoms with Crippen LogP contribution >= 0.6 is 23.2 Å². The number of carbonyl (C=O) groups is 1. The summed E-state index contributed by atoms with van der Waals surface area (Å²) in [5, 5.41) is 9.28. The normalized spacial score (nSPS) is 10.5. The first-order chi connectivity index (χ1) is 9.40. The van der Waals surface area contributed by atoms with Crippen LogP contribution in [0.5, 0.6) is 0 Å². The van der Waals surface area contributed by atoms with Gasteiger partial charge in [-0.25, -0.2) is 9.59 Å². The standard InChI is InChI=1S/C12H8Cl2N2O4/c13-7-3-1-2-6(10(7)14)5-16-9(17)4-8(11(18)19)15-12(16)20/h1-4H,5H2,(H,15,20)(H,18,19). The molecule has 0 fully saturated rings. The summed E-state index contributed by atoms with van der Waals surface area (Å²) in [6, 6.07) is 5.66. The molecule has 0 spiro atoms. The number of benzene rings is 1. The van der Waals surface area contributed by atoms with E-state index in [2.05, 4.69) is 4.98 Å². The Kier molecular flexibility index (Phi) is 3.96. The van der Waals surface area contributed by atoms with Gasteiger partial charge in [0, 0.05) is 6.07 Å². The smallest absolute Gasteiger partial charge is 0.352 e. The molecule has 0 aliphatic heterocycles. The summed E-state index contributed by atoms with van der Waals surface area (Å²) in [5.74, 6) is -1.38. The average Bonchev–Trinajstić information content (AvgIpc) is 2.38. The van der Waals surface area contributed by atoms with Crippen LogP contribution < -0.4 is 11.2 Å². The maximum absolute atomic E-state index is 11.8. The molecular formula is C12H8Cl2N2O4. The highest BCUT2D eigenvalue weighted by atomic mass is 35.5. The number of nitrogens with zero attached hydrogens (tertiary/aromatic N) is 1. The Morgan fingerprint density at radius 2 is 2.00 bits per heavy atom. The van der Waals surface area contributed by atoms with Crippen molar-refractivity contribution >= 4 is 29.2 Å². The lowest BCUT2D eigenvalue weighted by atomic mass is 10.2. The number of carboxylic acids is 1. The number of aromatic carboxylic acids is 1. The lowest BCUT2D eigenvalue weighted by Crippen LogP contribution is -2.36. The first-order valence-corrected chi connectivity index (χ1v) is 6.16. The van der Waals surface area contributed by atoms with Gasteiger partial charge in [0.15, 0.2) is 0 Å². The Bertz CT molecular complexity index is 764. The van der Waals surface area contributed by atoms with E-state index in [1.807, 2.05) is 0 Å². The van der Waals surface area contributed by atoms with Crippen molar-refractivity contribution in [1.82, 2.24) is 9.55 Å². The number of nitrogens with one attached hydrogen (secondary N) is 1. The van der Waals surface area contributed by atoms with Crippen LogP contribution in [-0.4, -0.2) is 20.6 Å². The largest absolute Gasteiger partial charge is 0.477 e. The van der Waals surface area contributed by atoms with Gasteiger partial charge in [0.05, 0.1) is 16.6 Å². The fourth-order valence-corrected chi connectivity index (χ4v) is 2.01. The number of hydrogen-bond acceptors (Lipinski definition) is 3. The average molecular weight is 315 g/mol. The molecule has 1 heterocycles. The van der Waals surface area contributed by atoms with E-state index in [1.165, 1.54) is 0 Å². The van der Waals surface area contributed by atoms with E-state index in [0.29, 0.717) is 10.6 Å². The zero-order valence-corrected chi connectivity index (χ0v) is 11.4. The van der Waals surface area contributed by atoms with Gasteiger partial charge in [-0.2, -0.15) is 0 Å². The van der Waals surface area contributed by atoms with Crippen LogP contribution in [0.4, 0.5) is 0 Å². The molecule has 20 heavy (non-hydrogen) atoms. The highest BCUT2D eigenvalue weighted by molar-refractivity contribution is 6.42. The van der Waals surface area contributed by atoms with Gasteiger partial charge >= 0.3 is 11.7 Å². The SMILES string of the molecule is O=C(O)c1cc(=O)n(Cc2cccc(Cl)c2Cl)c(=O)[nH]1. The van der Waals surface area contributed by atoms with E-state index in [-0.39, 0.29) is 11.6 Å². The number of halogens is 2. The van der Waals surface area contributed by atoms with Gasteiger partial charge in [0.2, 0.25) is 0 Å². The lowest BCUT2D eigenvalue weighted by Gasteiger charge is -2.07. The van der Waals surface area contributed by atoms with Crippen LogP contribution in [0.1, 0.15) is 16.1 Å². The summed E-state index contributed by atoms with van der Waals surface area (Å²) < 4.78 is 0.837. The van der Waals surface area contributed by atoms with E-state index in [4.69, 9.17) is 28.3 Å². The monoisotopic (exact) mass is 314 g/mol. The maximum Gasteiger partial charge on any atom is 0.352 e. The van der Waals surface area contributed by atoms with Crippen molar-refractivity contribution in [3.63, 3.8) is 0 Å². The molecule has 0 aliphatic carbocycles. The van der Waals surface area contributed by atoms with Crippen molar-refractivity contribution in [3.8, 4) is 0 Å². The molecule has 0 atom stereocenters. The first-order valence-electron chi connectivity index (χ1n) is 5.40. The Hall–Kier alpha value is -2.05. The molecule has 0 radical (unpaired) electrons. The van der Waals surface area contributed by atoms with Gasteiger partial charge in [-0.05, 0) is 11.6 Å². The Morgan fingerprint density at radius 3 is 2.60 bits per heavy atom. The third kappa shape index (κ3) is 2.76. The van der Waals surface area contributed by atoms with Crippen LogP contribution in [0, 0.1) is 0 Å². The highest BCUT2D eigenvalue weighted by Gasteiger charge is 2.12. The third-order valence-corrected chi connectivity index (χ3v) is 3.47.